The highest BCUT2D eigenvalue weighted by molar-refractivity contribution is 5.69. The minimum atomic E-state index is -0.736. The Labute approximate surface area is 179 Å². The van der Waals surface area contributed by atoms with Gasteiger partial charge < -0.3 is 35.4 Å². The van der Waals surface area contributed by atoms with Gasteiger partial charge in [-0.15, -0.1) is 0 Å². The van der Waals surface area contributed by atoms with Gasteiger partial charge in [0, 0.05) is 50.2 Å². The van der Waals surface area contributed by atoms with Crippen molar-refractivity contribution in [2.24, 2.45) is 0 Å². The molecule has 0 aromatic carbocycles. The number of nitrogens with zero attached hydrogens (tertiary/aromatic N) is 6. The maximum absolute atomic E-state index is 11.9. The maximum atomic E-state index is 11.9. The quantitative estimate of drug-likeness (QED) is 0.586. The van der Waals surface area contributed by atoms with Gasteiger partial charge in [0.2, 0.25) is 11.9 Å². The topological polar surface area (TPSA) is 152 Å². The van der Waals surface area contributed by atoms with Crippen molar-refractivity contribution in [1.82, 2.24) is 24.8 Å². The van der Waals surface area contributed by atoms with Crippen LogP contribution in [0.5, 0.6) is 0 Å². The second-order valence-corrected chi connectivity index (χ2v) is 7.57. The van der Waals surface area contributed by atoms with E-state index in [0.717, 1.165) is 0 Å². The zero-order valence-electron chi connectivity index (χ0n) is 17.3. The molecule has 12 nitrogen and oxygen atoms in total. The van der Waals surface area contributed by atoms with Crippen LogP contribution in [0.2, 0.25) is 0 Å². The third kappa shape index (κ3) is 4.59. The number of morpholine rings is 1. The first-order valence-electron chi connectivity index (χ1n) is 10.0. The Kier molecular flexibility index (Phi) is 6.00. The number of carbonyl (C=O) groups excluding carboxylic acids is 1. The zero-order valence-corrected chi connectivity index (χ0v) is 17.3. The van der Waals surface area contributed by atoms with Crippen molar-refractivity contribution in [3.8, 4) is 11.3 Å². The van der Waals surface area contributed by atoms with Crippen molar-refractivity contribution in [1.29, 1.82) is 0 Å². The van der Waals surface area contributed by atoms with Crippen LogP contribution in [0.4, 0.5) is 22.5 Å². The summed E-state index contributed by atoms with van der Waals surface area (Å²) < 4.78 is 10.3. The molecule has 4 heterocycles. The summed E-state index contributed by atoms with van der Waals surface area (Å²) in [6.45, 7) is 3.13. The first-order chi connectivity index (χ1) is 15.0. The van der Waals surface area contributed by atoms with Crippen LogP contribution in [0.3, 0.4) is 0 Å². The van der Waals surface area contributed by atoms with Crippen LogP contribution in [0.1, 0.15) is 6.42 Å². The number of likely N-dealkylation sites (tertiary alicyclic amines) is 1. The van der Waals surface area contributed by atoms with Crippen LogP contribution < -0.4 is 16.0 Å². The second kappa shape index (κ2) is 8.86. The van der Waals surface area contributed by atoms with Gasteiger partial charge in [-0.1, -0.05) is 0 Å². The van der Waals surface area contributed by atoms with Crippen molar-refractivity contribution >= 4 is 23.8 Å². The van der Waals surface area contributed by atoms with Gasteiger partial charge in [-0.3, -0.25) is 0 Å². The van der Waals surface area contributed by atoms with Crippen LogP contribution >= 0.6 is 0 Å². The molecule has 2 aromatic heterocycles. The Hall–Kier alpha value is -3.25. The van der Waals surface area contributed by atoms with Gasteiger partial charge in [-0.2, -0.15) is 4.98 Å². The molecular formula is C19H26N8O4. The standard InChI is InChI=1S/C19H26N8O4/c1-30-18(29)27-3-2-19(11-27,12-28)25-15-8-14(13-9-21-16(20)22-10-13)23-17(24-15)26-4-6-31-7-5-26/h8-10,28H,2-7,11-12H2,1H3,(H2,20,21,22)(H,23,24,25)/t19-/m0/s1. The van der Waals surface area contributed by atoms with E-state index in [9.17, 15) is 9.90 Å². The summed E-state index contributed by atoms with van der Waals surface area (Å²) in [5.41, 5.74) is 6.19. The number of anilines is 3. The number of carbonyl (C=O) groups is 1. The lowest BCUT2D eigenvalue weighted by Gasteiger charge is -2.31. The number of rotatable bonds is 5. The number of nitrogen functional groups attached to an aromatic ring is 1. The minimum absolute atomic E-state index is 0.169. The number of hydrogen-bond acceptors (Lipinski definition) is 11. The summed E-state index contributed by atoms with van der Waals surface area (Å²) >= 11 is 0. The molecule has 0 bridgehead atoms. The number of hydrogen-bond donors (Lipinski definition) is 3. The number of aliphatic hydroxyl groups excluding tert-OH is 1. The molecule has 2 fully saturated rings. The van der Waals surface area contributed by atoms with E-state index in [1.54, 1.807) is 23.4 Å². The molecule has 4 N–H and O–H groups in total. The van der Waals surface area contributed by atoms with Crippen LogP contribution in [0, 0.1) is 0 Å². The van der Waals surface area contributed by atoms with E-state index >= 15 is 0 Å². The molecule has 2 aromatic rings. The maximum Gasteiger partial charge on any atom is 0.409 e. The van der Waals surface area contributed by atoms with E-state index in [0.29, 0.717) is 68.8 Å². The van der Waals surface area contributed by atoms with Gasteiger partial charge in [-0.25, -0.2) is 19.7 Å². The van der Waals surface area contributed by atoms with Crippen molar-refractivity contribution < 1.29 is 19.4 Å². The number of nitrogens with two attached hydrogens (primary N) is 1. The highest BCUT2D eigenvalue weighted by Crippen LogP contribution is 2.29. The number of nitrogens with one attached hydrogen (secondary N) is 1. The molecule has 1 atom stereocenters. The molecule has 0 saturated carbocycles. The summed E-state index contributed by atoms with van der Waals surface area (Å²) in [5, 5.41) is 13.5. The monoisotopic (exact) mass is 430 g/mol. The number of methoxy groups -OCH3 is 1. The third-order valence-corrected chi connectivity index (χ3v) is 5.46. The first-order valence-corrected chi connectivity index (χ1v) is 10.0. The van der Waals surface area contributed by atoms with E-state index in [-0.39, 0.29) is 12.6 Å². The van der Waals surface area contributed by atoms with E-state index in [4.69, 9.17) is 15.2 Å². The van der Waals surface area contributed by atoms with Crippen molar-refractivity contribution in [2.75, 3.05) is 69.1 Å². The molecule has 1 amide bonds. The van der Waals surface area contributed by atoms with Crippen LogP contribution in [-0.4, -0.2) is 94.7 Å². The van der Waals surface area contributed by atoms with Gasteiger partial charge in [0.05, 0.1) is 38.2 Å². The molecule has 31 heavy (non-hydrogen) atoms. The molecule has 0 spiro atoms. The fraction of sp³-hybridized carbons (Fsp3) is 0.526. The average molecular weight is 430 g/mol. The summed E-state index contributed by atoms with van der Waals surface area (Å²) in [6.07, 6.45) is 3.34. The number of aliphatic hydroxyl groups is 1. The summed E-state index contributed by atoms with van der Waals surface area (Å²) in [6, 6.07) is 1.77. The Morgan fingerprint density at radius 3 is 2.71 bits per heavy atom. The molecule has 166 valence electrons. The zero-order chi connectivity index (χ0) is 21.8. The molecule has 0 radical (unpaired) electrons. The molecule has 4 rings (SSSR count). The first kappa shape index (κ1) is 21.0. The van der Waals surface area contributed by atoms with Crippen molar-refractivity contribution in [3.63, 3.8) is 0 Å². The summed E-state index contributed by atoms with van der Waals surface area (Å²) in [7, 11) is 1.34. The van der Waals surface area contributed by atoms with E-state index in [1.807, 2.05) is 4.90 Å². The van der Waals surface area contributed by atoms with Gasteiger partial charge >= 0.3 is 6.09 Å². The lowest BCUT2D eigenvalue weighted by Crippen LogP contribution is -2.46. The fourth-order valence-electron chi connectivity index (χ4n) is 3.72. The Morgan fingerprint density at radius 2 is 2.03 bits per heavy atom. The van der Waals surface area contributed by atoms with Crippen molar-refractivity contribution in [3.05, 3.63) is 18.5 Å². The van der Waals surface area contributed by atoms with Gasteiger partial charge in [0.15, 0.2) is 0 Å². The predicted octanol–water partition coefficient (Wildman–Crippen LogP) is -0.0325. The van der Waals surface area contributed by atoms with Gasteiger partial charge in [0.25, 0.3) is 0 Å². The van der Waals surface area contributed by atoms with Crippen LogP contribution in [-0.2, 0) is 9.47 Å². The molecule has 0 unspecified atom stereocenters. The molecule has 0 aliphatic carbocycles. The van der Waals surface area contributed by atoms with Gasteiger partial charge in [-0.05, 0) is 6.42 Å². The highest BCUT2D eigenvalue weighted by atomic mass is 16.5. The molecule has 2 aliphatic heterocycles. The largest absolute Gasteiger partial charge is 0.453 e. The Balaban J connectivity index is 1.66. The van der Waals surface area contributed by atoms with E-state index < -0.39 is 11.6 Å². The number of aromatic nitrogens is 4. The molecule has 2 aliphatic rings. The van der Waals surface area contributed by atoms with E-state index in [1.165, 1.54) is 7.11 Å². The smallest absolute Gasteiger partial charge is 0.409 e. The minimum Gasteiger partial charge on any atom is -0.453 e. The average Bonchev–Trinajstić information content (AvgIpc) is 3.24. The SMILES string of the molecule is COC(=O)N1CC[C@](CO)(Nc2cc(-c3cnc(N)nc3)nc(N3CCOCC3)n2)C1. The van der Waals surface area contributed by atoms with Gasteiger partial charge in [0.1, 0.15) is 5.82 Å². The second-order valence-electron chi connectivity index (χ2n) is 7.57. The highest BCUT2D eigenvalue weighted by Gasteiger charge is 2.40. The number of amides is 1. The lowest BCUT2D eigenvalue weighted by molar-refractivity contribution is 0.122. The number of ether oxygens (including phenoxy) is 2. The third-order valence-electron chi connectivity index (χ3n) is 5.46. The van der Waals surface area contributed by atoms with Crippen molar-refractivity contribution in [2.45, 2.75) is 12.0 Å². The normalized spacial score (nSPS) is 21.2. The molecule has 12 heteroatoms. The molecule has 2 saturated heterocycles. The summed E-state index contributed by atoms with van der Waals surface area (Å²) in [5.74, 6) is 1.25. The fourth-order valence-corrected chi connectivity index (χ4v) is 3.72. The van der Waals surface area contributed by atoms with Crippen LogP contribution in [0.15, 0.2) is 18.5 Å². The van der Waals surface area contributed by atoms with Crippen LogP contribution in [0.25, 0.3) is 11.3 Å². The predicted molar refractivity (Wildman–Crippen MR) is 113 cm³/mol. The Bertz CT molecular complexity index is 922. The Morgan fingerprint density at radius 1 is 1.29 bits per heavy atom. The lowest BCUT2D eigenvalue weighted by atomic mass is 10.00. The van der Waals surface area contributed by atoms with E-state index in [2.05, 4.69) is 25.3 Å². The molecular weight excluding hydrogens is 404 g/mol. The summed E-state index contributed by atoms with van der Waals surface area (Å²) in [4.78, 5) is 33.0.